The van der Waals surface area contributed by atoms with Gasteiger partial charge in [0.05, 0.1) is 6.04 Å². The fourth-order valence-electron chi connectivity index (χ4n) is 1.80. The number of benzene rings is 1. The second-order valence-corrected chi connectivity index (χ2v) is 4.79. The van der Waals surface area contributed by atoms with Crippen molar-refractivity contribution in [2.45, 2.75) is 13.0 Å². The minimum Gasteiger partial charge on any atom is -0.382 e. The number of rotatable bonds is 3. The Morgan fingerprint density at radius 1 is 1.47 bits per heavy atom. The Morgan fingerprint density at radius 2 is 2.21 bits per heavy atom. The molecule has 0 radical (unpaired) electrons. The number of nitrogens with zero attached hydrogens (tertiary/aromatic N) is 2. The van der Waals surface area contributed by atoms with Gasteiger partial charge >= 0.3 is 0 Å². The van der Waals surface area contributed by atoms with Gasteiger partial charge in [0, 0.05) is 18.1 Å². The minimum absolute atomic E-state index is 0.101. The summed E-state index contributed by atoms with van der Waals surface area (Å²) in [6, 6.07) is 8.86. The number of hydrogen-bond donors (Lipinski definition) is 2. The van der Waals surface area contributed by atoms with E-state index in [1.165, 1.54) is 6.07 Å². The van der Waals surface area contributed by atoms with Gasteiger partial charge in [0.15, 0.2) is 0 Å². The summed E-state index contributed by atoms with van der Waals surface area (Å²) in [4.78, 5) is 13.8. The van der Waals surface area contributed by atoms with Crippen LogP contribution in [0.1, 0.15) is 29.0 Å². The van der Waals surface area contributed by atoms with Crippen LogP contribution in [0.3, 0.4) is 0 Å². The maximum atomic E-state index is 12.2. The molecule has 0 aliphatic carbocycles. The van der Waals surface area contributed by atoms with Gasteiger partial charge in [0.25, 0.3) is 5.91 Å². The van der Waals surface area contributed by atoms with E-state index in [1.54, 1.807) is 18.0 Å². The second kappa shape index (κ2) is 5.32. The Labute approximate surface area is 116 Å². The Balaban J connectivity index is 2.19. The summed E-state index contributed by atoms with van der Waals surface area (Å²) in [5.41, 5.74) is 6.83. The number of carbonyl (C=O) groups excluding carboxylic acids is 1. The normalized spacial score (nSPS) is 12.2. The van der Waals surface area contributed by atoms with Crippen molar-refractivity contribution in [2.24, 2.45) is 0 Å². The van der Waals surface area contributed by atoms with Gasteiger partial charge in [-0.3, -0.25) is 9.89 Å². The fourth-order valence-corrected chi connectivity index (χ4v) is 2.00. The zero-order valence-electron chi connectivity index (χ0n) is 10.7. The summed E-state index contributed by atoms with van der Waals surface area (Å²) < 4.78 is 0. The molecule has 100 valence electrons. The summed E-state index contributed by atoms with van der Waals surface area (Å²) in [5, 5.41) is 7.01. The highest BCUT2D eigenvalue weighted by molar-refractivity contribution is 6.30. The highest BCUT2D eigenvalue weighted by atomic mass is 35.5. The third-order valence-corrected chi connectivity index (χ3v) is 3.30. The van der Waals surface area contributed by atoms with Crippen molar-refractivity contribution in [1.29, 1.82) is 0 Å². The molecule has 5 nitrogen and oxygen atoms in total. The van der Waals surface area contributed by atoms with Gasteiger partial charge in [-0.05, 0) is 24.6 Å². The number of carbonyl (C=O) groups is 1. The number of anilines is 1. The summed E-state index contributed by atoms with van der Waals surface area (Å²) in [5.74, 6) is 0.129. The van der Waals surface area contributed by atoms with Gasteiger partial charge in [0.1, 0.15) is 11.5 Å². The quantitative estimate of drug-likeness (QED) is 0.906. The molecule has 1 heterocycles. The van der Waals surface area contributed by atoms with E-state index in [0.29, 0.717) is 16.5 Å². The van der Waals surface area contributed by atoms with E-state index < -0.39 is 0 Å². The summed E-state index contributed by atoms with van der Waals surface area (Å²) >= 11 is 5.96. The van der Waals surface area contributed by atoms with Crippen LogP contribution in [-0.2, 0) is 0 Å². The lowest BCUT2D eigenvalue weighted by atomic mass is 10.1. The van der Waals surface area contributed by atoms with Gasteiger partial charge in [0.2, 0.25) is 0 Å². The van der Waals surface area contributed by atoms with E-state index in [4.69, 9.17) is 17.3 Å². The SMILES string of the molecule is CC(c1cccc(Cl)c1)N(C)C(=O)c1cc(N)n[nH]1. The van der Waals surface area contributed by atoms with Crippen LogP contribution in [-0.4, -0.2) is 28.1 Å². The maximum absolute atomic E-state index is 12.2. The number of nitrogen functional groups attached to an aromatic ring is 1. The van der Waals surface area contributed by atoms with Crippen molar-refractivity contribution in [3.8, 4) is 0 Å². The monoisotopic (exact) mass is 278 g/mol. The third kappa shape index (κ3) is 2.88. The van der Waals surface area contributed by atoms with Crippen LogP contribution in [0, 0.1) is 0 Å². The van der Waals surface area contributed by atoms with Gasteiger partial charge in [-0.1, -0.05) is 23.7 Å². The van der Waals surface area contributed by atoms with Crippen LogP contribution >= 0.6 is 11.6 Å². The topological polar surface area (TPSA) is 75.0 Å². The molecular formula is C13H15ClN4O. The third-order valence-electron chi connectivity index (χ3n) is 3.06. The first-order valence-electron chi connectivity index (χ1n) is 5.82. The molecule has 0 aliphatic heterocycles. The zero-order chi connectivity index (χ0) is 14.0. The van der Waals surface area contributed by atoms with E-state index in [2.05, 4.69) is 10.2 Å². The van der Waals surface area contributed by atoms with Crippen molar-refractivity contribution in [1.82, 2.24) is 15.1 Å². The van der Waals surface area contributed by atoms with Crippen LogP contribution in [0.25, 0.3) is 0 Å². The molecule has 19 heavy (non-hydrogen) atoms. The van der Waals surface area contributed by atoms with Crippen molar-refractivity contribution in [3.05, 3.63) is 46.6 Å². The molecular weight excluding hydrogens is 264 g/mol. The van der Waals surface area contributed by atoms with E-state index >= 15 is 0 Å². The summed E-state index contributed by atoms with van der Waals surface area (Å²) in [6.45, 7) is 1.93. The Bertz CT molecular complexity index is 596. The molecule has 0 fully saturated rings. The van der Waals surface area contributed by atoms with Crippen molar-refractivity contribution < 1.29 is 4.79 Å². The number of nitrogens with one attached hydrogen (secondary N) is 1. The molecule has 6 heteroatoms. The molecule has 0 spiro atoms. The Kier molecular flexibility index (Phi) is 3.76. The smallest absolute Gasteiger partial charge is 0.272 e. The molecule has 1 atom stereocenters. The first-order chi connectivity index (χ1) is 8.99. The van der Waals surface area contributed by atoms with Gasteiger partial charge in [-0.2, -0.15) is 5.10 Å². The maximum Gasteiger partial charge on any atom is 0.272 e. The Morgan fingerprint density at radius 3 is 2.79 bits per heavy atom. The number of H-pyrrole nitrogens is 1. The van der Waals surface area contributed by atoms with Crippen LogP contribution < -0.4 is 5.73 Å². The number of halogens is 1. The standard InChI is InChI=1S/C13H15ClN4O/c1-8(9-4-3-5-10(14)6-9)18(2)13(19)11-7-12(15)17-16-11/h3-8H,1-2H3,(H3,15,16,17). The lowest BCUT2D eigenvalue weighted by molar-refractivity contribution is 0.0736. The van der Waals surface area contributed by atoms with Gasteiger partial charge in [-0.15, -0.1) is 0 Å². The number of nitrogens with two attached hydrogens (primary N) is 1. The first-order valence-corrected chi connectivity index (χ1v) is 6.20. The van der Waals surface area contributed by atoms with Crippen LogP contribution in [0.4, 0.5) is 5.82 Å². The minimum atomic E-state index is -0.170. The predicted octanol–water partition coefficient (Wildman–Crippen LogP) is 2.48. The highest BCUT2D eigenvalue weighted by Crippen LogP contribution is 2.23. The molecule has 2 rings (SSSR count). The number of hydrogen-bond acceptors (Lipinski definition) is 3. The lowest BCUT2D eigenvalue weighted by Gasteiger charge is -2.24. The number of aromatic nitrogens is 2. The van der Waals surface area contributed by atoms with E-state index in [0.717, 1.165) is 5.56 Å². The van der Waals surface area contributed by atoms with E-state index in [9.17, 15) is 4.79 Å². The number of aromatic amines is 1. The zero-order valence-corrected chi connectivity index (χ0v) is 11.5. The molecule has 0 aliphatic rings. The fraction of sp³-hybridized carbons (Fsp3) is 0.231. The highest BCUT2D eigenvalue weighted by Gasteiger charge is 2.20. The first kappa shape index (κ1) is 13.4. The largest absolute Gasteiger partial charge is 0.382 e. The van der Waals surface area contributed by atoms with E-state index in [1.807, 2.05) is 25.1 Å². The lowest BCUT2D eigenvalue weighted by Crippen LogP contribution is -2.29. The summed E-state index contributed by atoms with van der Waals surface area (Å²) in [6.07, 6.45) is 0. The van der Waals surface area contributed by atoms with Crippen molar-refractivity contribution in [2.75, 3.05) is 12.8 Å². The predicted molar refractivity (Wildman–Crippen MR) is 75.0 cm³/mol. The van der Waals surface area contributed by atoms with Gasteiger partial charge in [-0.25, -0.2) is 0 Å². The molecule has 0 saturated carbocycles. The average molecular weight is 279 g/mol. The molecule has 1 aromatic carbocycles. The molecule has 0 bridgehead atoms. The molecule has 1 unspecified atom stereocenters. The van der Waals surface area contributed by atoms with Crippen LogP contribution in [0.2, 0.25) is 5.02 Å². The second-order valence-electron chi connectivity index (χ2n) is 4.35. The summed E-state index contributed by atoms with van der Waals surface area (Å²) in [7, 11) is 1.73. The van der Waals surface area contributed by atoms with Crippen LogP contribution in [0.5, 0.6) is 0 Å². The molecule has 1 amide bonds. The van der Waals surface area contributed by atoms with Crippen LogP contribution in [0.15, 0.2) is 30.3 Å². The average Bonchev–Trinajstić information content (AvgIpc) is 2.83. The van der Waals surface area contributed by atoms with Gasteiger partial charge < -0.3 is 10.6 Å². The number of amides is 1. The van der Waals surface area contributed by atoms with Crippen molar-refractivity contribution in [3.63, 3.8) is 0 Å². The molecule has 2 aromatic rings. The van der Waals surface area contributed by atoms with Crippen molar-refractivity contribution >= 4 is 23.3 Å². The molecule has 1 aromatic heterocycles. The molecule has 0 saturated heterocycles. The molecule has 3 N–H and O–H groups in total. The Hall–Kier alpha value is -2.01. The van der Waals surface area contributed by atoms with E-state index in [-0.39, 0.29) is 11.9 Å².